The minimum atomic E-state index is 0.382. The maximum Gasteiger partial charge on any atom is 0.225 e. The van der Waals surface area contributed by atoms with E-state index in [2.05, 4.69) is 20.2 Å². The molecule has 0 aromatic carbocycles. The number of aromatic nitrogens is 2. The molecule has 0 spiro atoms. The molecule has 3 fully saturated rings. The van der Waals surface area contributed by atoms with E-state index < -0.39 is 0 Å². The van der Waals surface area contributed by atoms with Crippen molar-refractivity contribution >= 4 is 5.95 Å². The third kappa shape index (κ3) is 3.04. The third-order valence-electron chi connectivity index (χ3n) is 4.85. The zero-order valence-corrected chi connectivity index (χ0v) is 12.5. The molecular formula is C16H24N4O. The number of morpholine rings is 1. The Morgan fingerprint density at radius 2 is 1.95 bits per heavy atom. The standard InChI is InChI=1S/C16H24N4O/c1-2-4-15-14(3-1)20(7-8-21-15)16-18-10-12(11-19-16)9-17-13-5-6-13/h10-11,13-15,17H,1-9H2. The van der Waals surface area contributed by atoms with Crippen molar-refractivity contribution in [3.8, 4) is 0 Å². The Bertz CT molecular complexity index is 472. The lowest BCUT2D eigenvalue weighted by molar-refractivity contribution is -0.00932. The highest BCUT2D eigenvalue weighted by Crippen LogP contribution is 2.30. The summed E-state index contributed by atoms with van der Waals surface area (Å²) in [4.78, 5) is 11.6. The van der Waals surface area contributed by atoms with Crippen molar-refractivity contribution in [3.05, 3.63) is 18.0 Å². The van der Waals surface area contributed by atoms with E-state index in [0.717, 1.165) is 31.7 Å². The van der Waals surface area contributed by atoms with E-state index in [0.29, 0.717) is 12.1 Å². The number of hydrogen-bond donors (Lipinski definition) is 1. The SMILES string of the molecule is c1nc(N2CCOC3CCCCC32)ncc1CNC1CC1. The molecule has 2 aliphatic carbocycles. The molecule has 5 heteroatoms. The van der Waals surface area contributed by atoms with E-state index in [9.17, 15) is 0 Å². The predicted octanol–water partition coefficient (Wildman–Crippen LogP) is 1.88. The summed E-state index contributed by atoms with van der Waals surface area (Å²) < 4.78 is 5.92. The first-order chi connectivity index (χ1) is 10.4. The summed E-state index contributed by atoms with van der Waals surface area (Å²) in [6.07, 6.45) is 11.9. The van der Waals surface area contributed by atoms with Gasteiger partial charge in [0.2, 0.25) is 5.95 Å². The molecule has 4 rings (SSSR count). The van der Waals surface area contributed by atoms with Crippen LogP contribution in [0.15, 0.2) is 12.4 Å². The lowest BCUT2D eigenvalue weighted by Crippen LogP contribution is -2.53. The fraction of sp³-hybridized carbons (Fsp3) is 0.750. The summed E-state index contributed by atoms with van der Waals surface area (Å²) in [7, 11) is 0. The molecule has 21 heavy (non-hydrogen) atoms. The Hall–Kier alpha value is -1.20. The number of ether oxygens (including phenoxy) is 1. The summed E-state index contributed by atoms with van der Waals surface area (Å²) in [5, 5.41) is 3.50. The summed E-state index contributed by atoms with van der Waals surface area (Å²) in [6, 6.07) is 1.20. The highest BCUT2D eigenvalue weighted by molar-refractivity contribution is 5.33. The maximum absolute atomic E-state index is 5.92. The van der Waals surface area contributed by atoms with Crippen LogP contribution in [0.4, 0.5) is 5.95 Å². The first-order valence-corrected chi connectivity index (χ1v) is 8.33. The van der Waals surface area contributed by atoms with Gasteiger partial charge < -0.3 is 15.0 Å². The van der Waals surface area contributed by atoms with Gasteiger partial charge in [-0.1, -0.05) is 12.8 Å². The van der Waals surface area contributed by atoms with Crippen LogP contribution in [0.5, 0.6) is 0 Å². The molecule has 1 saturated heterocycles. The average Bonchev–Trinajstić information content (AvgIpc) is 3.37. The van der Waals surface area contributed by atoms with Crippen molar-refractivity contribution < 1.29 is 4.74 Å². The summed E-state index contributed by atoms with van der Waals surface area (Å²) >= 11 is 0. The van der Waals surface area contributed by atoms with Gasteiger partial charge in [-0.15, -0.1) is 0 Å². The van der Waals surface area contributed by atoms with Gasteiger partial charge in [0, 0.05) is 37.1 Å². The Morgan fingerprint density at radius 1 is 1.14 bits per heavy atom. The normalized spacial score (nSPS) is 29.2. The maximum atomic E-state index is 5.92. The van der Waals surface area contributed by atoms with E-state index in [1.54, 1.807) is 0 Å². The summed E-state index contributed by atoms with van der Waals surface area (Å²) in [5.41, 5.74) is 1.18. The van der Waals surface area contributed by atoms with Gasteiger partial charge >= 0.3 is 0 Å². The van der Waals surface area contributed by atoms with Crippen LogP contribution in [0.3, 0.4) is 0 Å². The minimum absolute atomic E-state index is 0.382. The Morgan fingerprint density at radius 3 is 2.76 bits per heavy atom. The minimum Gasteiger partial charge on any atom is -0.374 e. The number of fused-ring (bicyclic) bond motifs is 1. The third-order valence-corrected chi connectivity index (χ3v) is 4.85. The number of rotatable bonds is 4. The first-order valence-electron chi connectivity index (χ1n) is 8.33. The van der Waals surface area contributed by atoms with Gasteiger partial charge in [0.1, 0.15) is 0 Å². The molecule has 2 saturated carbocycles. The van der Waals surface area contributed by atoms with Crippen LogP contribution in [0.2, 0.25) is 0 Å². The van der Waals surface area contributed by atoms with Gasteiger partial charge in [-0.3, -0.25) is 0 Å². The summed E-state index contributed by atoms with van der Waals surface area (Å²) in [5.74, 6) is 0.880. The molecular weight excluding hydrogens is 264 g/mol. The average molecular weight is 288 g/mol. The first kappa shape index (κ1) is 13.5. The fourth-order valence-corrected chi connectivity index (χ4v) is 3.48. The van der Waals surface area contributed by atoms with Crippen molar-refractivity contribution in [2.24, 2.45) is 0 Å². The van der Waals surface area contributed by atoms with Crippen LogP contribution in [0.25, 0.3) is 0 Å². The zero-order chi connectivity index (χ0) is 14.1. The lowest BCUT2D eigenvalue weighted by atomic mass is 9.90. The quantitative estimate of drug-likeness (QED) is 0.916. The topological polar surface area (TPSA) is 50.3 Å². The molecule has 2 heterocycles. The monoisotopic (exact) mass is 288 g/mol. The van der Waals surface area contributed by atoms with Crippen LogP contribution >= 0.6 is 0 Å². The summed E-state index contributed by atoms with van der Waals surface area (Å²) in [6.45, 7) is 2.61. The van der Waals surface area contributed by atoms with Crippen molar-refractivity contribution in [1.29, 1.82) is 0 Å². The number of hydrogen-bond acceptors (Lipinski definition) is 5. The molecule has 114 valence electrons. The van der Waals surface area contributed by atoms with Crippen molar-refractivity contribution in [2.45, 2.75) is 63.3 Å². The van der Waals surface area contributed by atoms with Crippen LogP contribution in [-0.4, -0.2) is 41.3 Å². The molecule has 1 N–H and O–H groups in total. The smallest absolute Gasteiger partial charge is 0.225 e. The van der Waals surface area contributed by atoms with Crippen molar-refractivity contribution in [3.63, 3.8) is 0 Å². The van der Waals surface area contributed by atoms with E-state index >= 15 is 0 Å². The molecule has 2 atom stereocenters. The Balaban J connectivity index is 1.43. The van der Waals surface area contributed by atoms with E-state index in [-0.39, 0.29) is 0 Å². The van der Waals surface area contributed by atoms with Crippen molar-refractivity contribution in [1.82, 2.24) is 15.3 Å². The Kier molecular flexibility index (Phi) is 3.78. The predicted molar refractivity (Wildman–Crippen MR) is 81.2 cm³/mol. The highest BCUT2D eigenvalue weighted by Gasteiger charge is 2.35. The lowest BCUT2D eigenvalue weighted by Gasteiger charge is -2.43. The van der Waals surface area contributed by atoms with Crippen LogP contribution < -0.4 is 10.2 Å². The molecule has 5 nitrogen and oxygen atoms in total. The number of anilines is 1. The molecule has 1 aromatic rings. The second kappa shape index (κ2) is 5.89. The van der Waals surface area contributed by atoms with Gasteiger partial charge in [0.05, 0.1) is 18.8 Å². The van der Waals surface area contributed by atoms with Crippen molar-refractivity contribution in [2.75, 3.05) is 18.1 Å². The van der Waals surface area contributed by atoms with Gasteiger partial charge in [0.25, 0.3) is 0 Å². The van der Waals surface area contributed by atoms with Gasteiger partial charge in [0.15, 0.2) is 0 Å². The second-order valence-electron chi connectivity index (χ2n) is 6.50. The fourth-order valence-electron chi connectivity index (χ4n) is 3.48. The highest BCUT2D eigenvalue weighted by atomic mass is 16.5. The van der Waals surface area contributed by atoms with E-state index in [1.807, 2.05) is 12.4 Å². The molecule has 0 bridgehead atoms. The molecule has 0 radical (unpaired) electrons. The van der Waals surface area contributed by atoms with Gasteiger partial charge in [-0.05, 0) is 25.7 Å². The molecule has 0 amide bonds. The van der Waals surface area contributed by atoms with Crippen LogP contribution in [-0.2, 0) is 11.3 Å². The molecule has 3 aliphatic rings. The van der Waals surface area contributed by atoms with Crippen LogP contribution in [0.1, 0.15) is 44.1 Å². The molecule has 1 aliphatic heterocycles. The van der Waals surface area contributed by atoms with Crippen LogP contribution in [0, 0.1) is 0 Å². The van der Waals surface area contributed by atoms with Gasteiger partial charge in [-0.2, -0.15) is 0 Å². The Labute approximate surface area is 126 Å². The molecule has 1 aromatic heterocycles. The molecule has 2 unspecified atom stereocenters. The largest absolute Gasteiger partial charge is 0.374 e. The second-order valence-corrected chi connectivity index (χ2v) is 6.50. The van der Waals surface area contributed by atoms with Gasteiger partial charge in [-0.25, -0.2) is 9.97 Å². The number of nitrogens with one attached hydrogen (secondary N) is 1. The number of nitrogens with zero attached hydrogens (tertiary/aromatic N) is 3. The zero-order valence-electron chi connectivity index (χ0n) is 12.5. The van der Waals surface area contributed by atoms with E-state index in [4.69, 9.17) is 4.74 Å². The van der Waals surface area contributed by atoms with E-state index in [1.165, 1.54) is 44.1 Å².